The highest BCUT2D eigenvalue weighted by Gasteiger charge is 2.33. The maximum Gasteiger partial charge on any atom is 0.254 e. The van der Waals surface area contributed by atoms with E-state index in [9.17, 15) is 9.59 Å². The van der Waals surface area contributed by atoms with Crippen LogP contribution in [0.4, 0.5) is 0 Å². The van der Waals surface area contributed by atoms with Gasteiger partial charge in [0.05, 0.1) is 11.5 Å². The number of nitrogens with zero attached hydrogens (tertiary/aromatic N) is 3. The van der Waals surface area contributed by atoms with Crippen molar-refractivity contribution < 1.29 is 9.59 Å². The van der Waals surface area contributed by atoms with Crippen LogP contribution in [0.25, 0.3) is 11.1 Å². The fourth-order valence-corrected chi connectivity index (χ4v) is 4.90. The van der Waals surface area contributed by atoms with Crippen LogP contribution in [0.5, 0.6) is 0 Å². The first kappa shape index (κ1) is 22.0. The Morgan fingerprint density at radius 3 is 2.81 bits per heavy atom. The SMILES string of the molecule is C=CCN1CCN(C(=O)c2csc(C)c2)C[C@H](Cc2ccccc2-c2cccnc2)C1=O. The van der Waals surface area contributed by atoms with Crippen molar-refractivity contribution in [1.82, 2.24) is 14.8 Å². The van der Waals surface area contributed by atoms with Crippen LogP contribution >= 0.6 is 11.3 Å². The lowest BCUT2D eigenvalue weighted by molar-refractivity contribution is -0.134. The molecule has 0 radical (unpaired) electrons. The molecule has 3 aromatic rings. The predicted molar refractivity (Wildman–Crippen MR) is 129 cm³/mol. The molecule has 2 amide bonds. The molecule has 32 heavy (non-hydrogen) atoms. The molecule has 1 aromatic carbocycles. The van der Waals surface area contributed by atoms with E-state index in [2.05, 4.69) is 23.7 Å². The molecule has 5 nitrogen and oxygen atoms in total. The quantitative estimate of drug-likeness (QED) is 0.527. The number of amides is 2. The summed E-state index contributed by atoms with van der Waals surface area (Å²) in [6.07, 6.45) is 5.90. The van der Waals surface area contributed by atoms with Crippen molar-refractivity contribution >= 4 is 23.2 Å². The summed E-state index contributed by atoms with van der Waals surface area (Å²) >= 11 is 1.57. The normalized spacial score (nSPS) is 16.7. The number of thiophene rings is 1. The minimum absolute atomic E-state index is 0.00634. The molecule has 164 valence electrons. The van der Waals surface area contributed by atoms with E-state index >= 15 is 0 Å². The summed E-state index contributed by atoms with van der Waals surface area (Å²) in [5, 5.41) is 1.90. The summed E-state index contributed by atoms with van der Waals surface area (Å²) in [5.74, 6) is -0.255. The largest absolute Gasteiger partial charge is 0.337 e. The Balaban J connectivity index is 1.64. The van der Waals surface area contributed by atoms with Crippen molar-refractivity contribution in [3.8, 4) is 11.1 Å². The van der Waals surface area contributed by atoms with E-state index in [1.54, 1.807) is 23.6 Å². The average Bonchev–Trinajstić information content (AvgIpc) is 3.20. The lowest BCUT2D eigenvalue weighted by atomic mass is 9.91. The van der Waals surface area contributed by atoms with Gasteiger partial charge in [-0.15, -0.1) is 17.9 Å². The Hall–Kier alpha value is -3.25. The van der Waals surface area contributed by atoms with Crippen LogP contribution in [0.1, 0.15) is 20.8 Å². The number of pyridine rings is 1. The summed E-state index contributed by atoms with van der Waals surface area (Å²) < 4.78 is 0. The Morgan fingerprint density at radius 2 is 2.09 bits per heavy atom. The van der Waals surface area contributed by atoms with Gasteiger partial charge in [0.1, 0.15) is 0 Å². The highest BCUT2D eigenvalue weighted by molar-refractivity contribution is 7.10. The lowest BCUT2D eigenvalue weighted by Crippen LogP contribution is -2.38. The van der Waals surface area contributed by atoms with Gasteiger partial charge in [-0.25, -0.2) is 0 Å². The second kappa shape index (κ2) is 9.92. The van der Waals surface area contributed by atoms with Crippen molar-refractivity contribution in [3.63, 3.8) is 0 Å². The van der Waals surface area contributed by atoms with Crippen molar-refractivity contribution in [2.45, 2.75) is 13.3 Å². The molecule has 1 aliphatic rings. The maximum atomic E-state index is 13.4. The number of rotatable bonds is 6. The third kappa shape index (κ3) is 4.81. The molecule has 1 atom stereocenters. The van der Waals surface area contributed by atoms with Gasteiger partial charge in [-0.3, -0.25) is 14.6 Å². The second-order valence-corrected chi connectivity index (χ2v) is 9.19. The predicted octanol–water partition coefficient (Wildman–Crippen LogP) is 4.45. The molecule has 1 aliphatic heterocycles. The zero-order valence-electron chi connectivity index (χ0n) is 18.2. The molecule has 0 spiro atoms. The standard InChI is InChI=1S/C26H27N3O2S/c1-3-11-28-12-13-29(26(31)23-14-19(2)32-18-23)17-22(25(28)30)15-20-7-4-5-9-24(20)21-8-6-10-27-16-21/h3-10,14,16,18,22H,1,11-13,15,17H2,2H3/t22-/m0/s1. The molecule has 0 aliphatic carbocycles. The first-order valence-electron chi connectivity index (χ1n) is 10.8. The zero-order valence-corrected chi connectivity index (χ0v) is 19.1. The van der Waals surface area contributed by atoms with Crippen LogP contribution in [-0.2, 0) is 11.2 Å². The van der Waals surface area contributed by atoms with E-state index in [-0.39, 0.29) is 17.7 Å². The van der Waals surface area contributed by atoms with Crippen LogP contribution in [0.2, 0.25) is 0 Å². The van der Waals surface area contributed by atoms with Crippen LogP contribution < -0.4 is 0 Å². The molecular weight excluding hydrogens is 418 g/mol. The molecule has 1 fully saturated rings. The molecule has 0 N–H and O–H groups in total. The summed E-state index contributed by atoms with van der Waals surface area (Å²) in [4.78, 5) is 35.6. The highest BCUT2D eigenvalue weighted by Crippen LogP contribution is 2.27. The van der Waals surface area contributed by atoms with E-state index < -0.39 is 0 Å². The van der Waals surface area contributed by atoms with Crippen LogP contribution in [0, 0.1) is 12.8 Å². The number of carbonyl (C=O) groups excluding carboxylic acids is 2. The van der Waals surface area contributed by atoms with Crippen LogP contribution in [-0.4, -0.2) is 52.8 Å². The van der Waals surface area contributed by atoms with Crippen molar-refractivity contribution in [2.24, 2.45) is 5.92 Å². The number of aromatic nitrogens is 1. The number of hydrogen-bond donors (Lipinski definition) is 0. The van der Waals surface area contributed by atoms with Gasteiger partial charge in [0.25, 0.3) is 5.91 Å². The molecule has 0 unspecified atom stereocenters. The van der Waals surface area contributed by atoms with Gasteiger partial charge in [0, 0.05) is 54.4 Å². The van der Waals surface area contributed by atoms with Crippen molar-refractivity contribution in [2.75, 3.05) is 26.2 Å². The molecule has 3 heterocycles. The average molecular weight is 446 g/mol. The molecule has 2 aromatic heterocycles. The van der Waals surface area contributed by atoms with Gasteiger partial charge >= 0.3 is 0 Å². The summed E-state index contributed by atoms with van der Waals surface area (Å²) in [7, 11) is 0. The van der Waals surface area contributed by atoms with Gasteiger partial charge in [0.15, 0.2) is 0 Å². The second-order valence-electron chi connectivity index (χ2n) is 8.07. The summed E-state index contributed by atoms with van der Waals surface area (Å²) in [5.41, 5.74) is 3.87. The monoisotopic (exact) mass is 445 g/mol. The number of benzene rings is 1. The maximum absolute atomic E-state index is 13.4. The number of aryl methyl sites for hydroxylation is 1. The molecule has 6 heteroatoms. The minimum Gasteiger partial charge on any atom is -0.337 e. The Labute approximate surface area is 193 Å². The van der Waals surface area contributed by atoms with E-state index in [1.807, 2.05) is 58.6 Å². The minimum atomic E-state index is -0.320. The number of hydrogen-bond acceptors (Lipinski definition) is 4. The Bertz CT molecular complexity index is 1110. The van der Waals surface area contributed by atoms with Crippen molar-refractivity contribution in [1.29, 1.82) is 0 Å². The first-order chi connectivity index (χ1) is 15.6. The van der Waals surface area contributed by atoms with Crippen molar-refractivity contribution in [3.05, 3.63) is 88.9 Å². The van der Waals surface area contributed by atoms with E-state index in [0.717, 1.165) is 21.6 Å². The molecular formula is C26H27N3O2S. The van der Waals surface area contributed by atoms with Gasteiger partial charge in [-0.05, 0) is 36.6 Å². The Morgan fingerprint density at radius 1 is 1.25 bits per heavy atom. The topological polar surface area (TPSA) is 53.5 Å². The lowest BCUT2D eigenvalue weighted by Gasteiger charge is -2.24. The highest BCUT2D eigenvalue weighted by atomic mass is 32.1. The fraction of sp³-hybridized carbons (Fsp3) is 0.269. The third-order valence-electron chi connectivity index (χ3n) is 5.81. The van der Waals surface area contributed by atoms with Gasteiger partial charge in [-0.2, -0.15) is 0 Å². The van der Waals surface area contributed by atoms with E-state index in [1.165, 1.54) is 0 Å². The smallest absolute Gasteiger partial charge is 0.254 e. The summed E-state index contributed by atoms with van der Waals surface area (Å²) in [6.45, 7) is 7.73. The van der Waals surface area contributed by atoms with Crippen LogP contribution in [0.3, 0.4) is 0 Å². The van der Waals surface area contributed by atoms with E-state index in [0.29, 0.717) is 38.2 Å². The fourth-order valence-electron chi connectivity index (χ4n) is 4.22. The third-order valence-corrected chi connectivity index (χ3v) is 6.67. The molecule has 0 bridgehead atoms. The Kier molecular flexibility index (Phi) is 6.81. The molecule has 0 saturated carbocycles. The molecule has 1 saturated heterocycles. The van der Waals surface area contributed by atoms with Gasteiger partial charge in [-0.1, -0.05) is 36.4 Å². The summed E-state index contributed by atoms with van der Waals surface area (Å²) in [6, 6.07) is 14.0. The molecule has 4 rings (SSSR count). The van der Waals surface area contributed by atoms with Gasteiger partial charge in [0.2, 0.25) is 5.91 Å². The van der Waals surface area contributed by atoms with Gasteiger partial charge < -0.3 is 9.80 Å². The number of carbonyl (C=O) groups is 2. The van der Waals surface area contributed by atoms with Crippen LogP contribution in [0.15, 0.2) is 72.9 Å². The first-order valence-corrected chi connectivity index (χ1v) is 11.7. The van der Waals surface area contributed by atoms with E-state index in [4.69, 9.17) is 0 Å². The zero-order chi connectivity index (χ0) is 22.5.